The molecule has 0 saturated heterocycles. The Bertz CT molecular complexity index is 1140. The molecule has 0 heterocycles. The number of carbonyl (C=O) groups is 2. The minimum atomic E-state index is -0.448. The number of carbonyl (C=O) groups excluding carboxylic acids is 2. The molecule has 30 heavy (non-hydrogen) atoms. The van der Waals surface area contributed by atoms with E-state index in [1.54, 1.807) is 36.4 Å². The van der Waals surface area contributed by atoms with Crippen LogP contribution in [-0.4, -0.2) is 11.9 Å². The van der Waals surface area contributed by atoms with Gasteiger partial charge in [0.05, 0.1) is 5.56 Å². The summed E-state index contributed by atoms with van der Waals surface area (Å²) in [5.41, 5.74) is 3.77. The minimum absolute atomic E-state index is 0.226. The molecule has 0 aliphatic carbocycles. The third-order valence-electron chi connectivity index (χ3n) is 4.59. The van der Waals surface area contributed by atoms with E-state index in [1.807, 2.05) is 72.8 Å². The second-order valence-electron chi connectivity index (χ2n) is 6.68. The summed E-state index contributed by atoms with van der Waals surface area (Å²) in [6.45, 7) is 0. The standard InChI is InChI=1S/C26H19NO3/c28-25(27-23-9-5-2-6-10-23)21-15-17-24(18-16-21)30-26(29)22-13-11-20(12-14-22)19-7-3-1-4-8-19/h1-18H,(H,27,28). The van der Waals surface area contributed by atoms with E-state index in [2.05, 4.69) is 5.32 Å². The molecule has 4 rings (SSSR count). The van der Waals surface area contributed by atoms with Crippen LogP contribution in [0.1, 0.15) is 20.7 Å². The lowest BCUT2D eigenvalue weighted by Crippen LogP contribution is -2.12. The number of rotatable bonds is 5. The highest BCUT2D eigenvalue weighted by atomic mass is 16.5. The molecule has 0 atom stereocenters. The molecule has 0 radical (unpaired) electrons. The van der Waals surface area contributed by atoms with Crippen LogP contribution in [0.2, 0.25) is 0 Å². The molecule has 0 unspecified atom stereocenters. The number of anilines is 1. The van der Waals surface area contributed by atoms with E-state index >= 15 is 0 Å². The lowest BCUT2D eigenvalue weighted by Gasteiger charge is -2.08. The predicted octanol–water partition coefficient (Wildman–Crippen LogP) is 5.83. The van der Waals surface area contributed by atoms with Gasteiger partial charge in [0.15, 0.2) is 0 Å². The number of esters is 1. The van der Waals surface area contributed by atoms with Crippen LogP contribution in [0.15, 0.2) is 109 Å². The number of nitrogens with one attached hydrogen (secondary N) is 1. The molecule has 0 spiro atoms. The SMILES string of the molecule is O=C(Nc1ccccc1)c1ccc(OC(=O)c2ccc(-c3ccccc3)cc2)cc1. The topological polar surface area (TPSA) is 55.4 Å². The lowest BCUT2D eigenvalue weighted by molar-refractivity contribution is 0.0734. The predicted molar refractivity (Wildman–Crippen MR) is 118 cm³/mol. The smallest absolute Gasteiger partial charge is 0.343 e. The van der Waals surface area contributed by atoms with Crippen LogP contribution in [0.4, 0.5) is 5.69 Å². The number of benzene rings is 4. The lowest BCUT2D eigenvalue weighted by atomic mass is 10.0. The second kappa shape index (κ2) is 8.88. The van der Waals surface area contributed by atoms with Crippen molar-refractivity contribution in [3.8, 4) is 16.9 Å². The van der Waals surface area contributed by atoms with Crippen molar-refractivity contribution in [3.63, 3.8) is 0 Å². The van der Waals surface area contributed by atoms with Crippen LogP contribution in [0.25, 0.3) is 11.1 Å². The zero-order valence-electron chi connectivity index (χ0n) is 16.1. The number of amides is 1. The molecular formula is C26H19NO3. The van der Waals surface area contributed by atoms with Crippen LogP contribution in [0.3, 0.4) is 0 Å². The number of hydrogen-bond donors (Lipinski definition) is 1. The molecule has 4 heteroatoms. The van der Waals surface area contributed by atoms with Crippen LogP contribution in [0, 0.1) is 0 Å². The number of hydrogen-bond acceptors (Lipinski definition) is 3. The van der Waals surface area contributed by atoms with Crippen LogP contribution < -0.4 is 10.1 Å². The van der Waals surface area contributed by atoms with Gasteiger partial charge in [0.2, 0.25) is 0 Å². The Hall–Kier alpha value is -4.18. The molecule has 146 valence electrons. The van der Waals surface area contributed by atoms with Crippen molar-refractivity contribution in [2.24, 2.45) is 0 Å². The highest BCUT2D eigenvalue weighted by molar-refractivity contribution is 6.04. The average molecular weight is 393 g/mol. The number of ether oxygens (including phenoxy) is 1. The third kappa shape index (κ3) is 4.62. The molecule has 0 fully saturated rings. The zero-order chi connectivity index (χ0) is 20.8. The van der Waals surface area contributed by atoms with Crippen LogP contribution >= 0.6 is 0 Å². The van der Waals surface area contributed by atoms with Crippen molar-refractivity contribution < 1.29 is 14.3 Å². The first-order chi connectivity index (χ1) is 14.7. The van der Waals surface area contributed by atoms with Gasteiger partial charge >= 0.3 is 5.97 Å². The summed E-state index contributed by atoms with van der Waals surface area (Å²) in [5, 5.41) is 2.82. The van der Waals surface area contributed by atoms with Crippen molar-refractivity contribution in [1.29, 1.82) is 0 Å². The van der Waals surface area contributed by atoms with Gasteiger partial charge in [-0.05, 0) is 59.7 Å². The van der Waals surface area contributed by atoms with Crippen molar-refractivity contribution >= 4 is 17.6 Å². The molecule has 0 aromatic heterocycles. The Labute approximate surface area is 174 Å². The van der Waals surface area contributed by atoms with Crippen LogP contribution in [-0.2, 0) is 0 Å². The molecule has 0 aliphatic rings. The molecule has 0 bridgehead atoms. The van der Waals surface area contributed by atoms with Crippen molar-refractivity contribution in [2.75, 3.05) is 5.32 Å². The summed E-state index contributed by atoms with van der Waals surface area (Å²) < 4.78 is 5.43. The molecule has 4 nitrogen and oxygen atoms in total. The Morgan fingerprint density at radius 2 is 1.10 bits per heavy atom. The van der Waals surface area contributed by atoms with E-state index in [-0.39, 0.29) is 5.91 Å². The Balaban J connectivity index is 1.39. The molecule has 0 aliphatic heterocycles. The molecular weight excluding hydrogens is 374 g/mol. The van der Waals surface area contributed by atoms with Gasteiger partial charge in [0.25, 0.3) is 5.91 Å². The fourth-order valence-corrected chi connectivity index (χ4v) is 2.99. The summed E-state index contributed by atoms with van der Waals surface area (Å²) in [5.74, 6) is -0.296. The quantitative estimate of drug-likeness (QED) is 0.343. The maximum atomic E-state index is 12.4. The summed E-state index contributed by atoms with van der Waals surface area (Å²) in [4.78, 5) is 24.7. The van der Waals surface area contributed by atoms with E-state index in [0.29, 0.717) is 16.9 Å². The summed E-state index contributed by atoms with van der Waals surface area (Å²) in [6.07, 6.45) is 0. The summed E-state index contributed by atoms with van der Waals surface area (Å²) in [7, 11) is 0. The zero-order valence-corrected chi connectivity index (χ0v) is 16.1. The molecule has 1 amide bonds. The van der Waals surface area contributed by atoms with Gasteiger partial charge in [-0.2, -0.15) is 0 Å². The van der Waals surface area contributed by atoms with E-state index in [0.717, 1.165) is 16.8 Å². The largest absolute Gasteiger partial charge is 0.423 e. The average Bonchev–Trinajstić information content (AvgIpc) is 2.81. The van der Waals surface area contributed by atoms with Crippen molar-refractivity contribution in [3.05, 3.63) is 120 Å². The third-order valence-corrected chi connectivity index (χ3v) is 4.59. The van der Waals surface area contributed by atoms with Gasteiger partial charge in [0, 0.05) is 11.3 Å². The highest BCUT2D eigenvalue weighted by Gasteiger charge is 2.11. The maximum absolute atomic E-state index is 12.4. The fourth-order valence-electron chi connectivity index (χ4n) is 2.99. The van der Waals surface area contributed by atoms with E-state index in [4.69, 9.17) is 4.74 Å². The van der Waals surface area contributed by atoms with E-state index in [9.17, 15) is 9.59 Å². The van der Waals surface area contributed by atoms with E-state index < -0.39 is 5.97 Å². The first kappa shape index (κ1) is 19.2. The van der Waals surface area contributed by atoms with Gasteiger partial charge in [-0.3, -0.25) is 4.79 Å². The monoisotopic (exact) mass is 393 g/mol. The molecule has 0 saturated carbocycles. The van der Waals surface area contributed by atoms with Crippen molar-refractivity contribution in [1.82, 2.24) is 0 Å². The van der Waals surface area contributed by atoms with Gasteiger partial charge in [-0.1, -0.05) is 60.7 Å². The van der Waals surface area contributed by atoms with Crippen LogP contribution in [0.5, 0.6) is 5.75 Å². The van der Waals surface area contributed by atoms with Crippen molar-refractivity contribution in [2.45, 2.75) is 0 Å². The Morgan fingerprint density at radius 1 is 0.567 bits per heavy atom. The Morgan fingerprint density at radius 3 is 1.73 bits per heavy atom. The van der Waals surface area contributed by atoms with E-state index in [1.165, 1.54) is 0 Å². The summed E-state index contributed by atoms with van der Waals surface area (Å²) in [6, 6.07) is 32.9. The Kier molecular flexibility index (Phi) is 5.67. The summed E-state index contributed by atoms with van der Waals surface area (Å²) >= 11 is 0. The normalized spacial score (nSPS) is 10.3. The molecule has 4 aromatic carbocycles. The highest BCUT2D eigenvalue weighted by Crippen LogP contribution is 2.20. The number of para-hydroxylation sites is 1. The maximum Gasteiger partial charge on any atom is 0.343 e. The fraction of sp³-hybridized carbons (Fsp3) is 0. The minimum Gasteiger partial charge on any atom is -0.423 e. The van der Waals surface area contributed by atoms with Gasteiger partial charge in [-0.15, -0.1) is 0 Å². The second-order valence-corrected chi connectivity index (χ2v) is 6.68. The van der Waals surface area contributed by atoms with Gasteiger partial charge < -0.3 is 10.1 Å². The molecule has 4 aromatic rings. The van der Waals surface area contributed by atoms with Gasteiger partial charge in [0.1, 0.15) is 5.75 Å². The molecule has 1 N–H and O–H groups in total. The first-order valence-corrected chi connectivity index (χ1v) is 9.53. The van der Waals surface area contributed by atoms with Gasteiger partial charge in [-0.25, -0.2) is 4.79 Å². The first-order valence-electron chi connectivity index (χ1n) is 9.53.